The normalized spacial score (nSPS) is 19.8. The fourth-order valence-electron chi connectivity index (χ4n) is 3.27. The monoisotopic (exact) mass is 518 g/mol. The van der Waals surface area contributed by atoms with Crippen LogP contribution in [0.5, 0.6) is 5.88 Å². The van der Waals surface area contributed by atoms with Crippen molar-refractivity contribution in [2.24, 2.45) is 10.9 Å². The molecule has 1 saturated heterocycles. The molecule has 154 valence electrons. The van der Waals surface area contributed by atoms with E-state index in [1.165, 1.54) is 0 Å². The minimum Gasteiger partial charge on any atom is -0.476 e. The van der Waals surface area contributed by atoms with Gasteiger partial charge in [0.05, 0.1) is 23.9 Å². The number of likely N-dealkylation sites (tertiary alicyclic amines) is 1. The highest BCUT2D eigenvalue weighted by molar-refractivity contribution is 14.0. The van der Waals surface area contributed by atoms with Crippen molar-refractivity contribution in [1.82, 2.24) is 24.8 Å². The SMILES string of the molecule is CCNC(=NCCOc1ccc(Cl)cn1)N1CCC(C)C(n2ccnc2)C1.I. The lowest BCUT2D eigenvalue weighted by molar-refractivity contribution is 0.188. The standard InChI is InChI=1S/C19H27ClN6O.HI/c1-3-22-19(23-8-11-27-18-5-4-16(20)12-24-18)25-9-6-15(2)17(13-25)26-10-7-21-14-26;/h4-5,7,10,12,14-15,17H,3,6,8-9,11,13H2,1-2H3,(H,22,23);1H. The second-order valence-corrected chi connectivity index (χ2v) is 7.12. The average Bonchev–Trinajstić information content (AvgIpc) is 3.21. The van der Waals surface area contributed by atoms with Crippen molar-refractivity contribution in [2.75, 3.05) is 32.8 Å². The number of halogens is 2. The topological polar surface area (TPSA) is 67.6 Å². The Morgan fingerprint density at radius 1 is 1.43 bits per heavy atom. The van der Waals surface area contributed by atoms with Crippen molar-refractivity contribution in [1.29, 1.82) is 0 Å². The van der Waals surface area contributed by atoms with Crippen LogP contribution in [0.15, 0.2) is 42.0 Å². The van der Waals surface area contributed by atoms with Crippen molar-refractivity contribution >= 4 is 41.5 Å². The van der Waals surface area contributed by atoms with E-state index in [0.717, 1.165) is 32.0 Å². The number of ether oxygens (including phenoxy) is 1. The second-order valence-electron chi connectivity index (χ2n) is 6.69. The molecule has 0 bridgehead atoms. The van der Waals surface area contributed by atoms with E-state index in [1.807, 2.05) is 18.7 Å². The molecule has 1 aliphatic rings. The van der Waals surface area contributed by atoms with Gasteiger partial charge >= 0.3 is 0 Å². The van der Waals surface area contributed by atoms with Crippen LogP contribution in [-0.4, -0.2) is 58.2 Å². The maximum Gasteiger partial charge on any atom is 0.213 e. The molecule has 0 aromatic carbocycles. The minimum absolute atomic E-state index is 0. The summed E-state index contributed by atoms with van der Waals surface area (Å²) in [6.07, 6.45) is 8.49. The molecule has 0 amide bonds. The molecule has 0 radical (unpaired) electrons. The van der Waals surface area contributed by atoms with E-state index in [0.29, 0.717) is 36.0 Å². The first-order valence-electron chi connectivity index (χ1n) is 9.42. The maximum atomic E-state index is 5.83. The van der Waals surface area contributed by atoms with Gasteiger partial charge in [0.2, 0.25) is 5.88 Å². The van der Waals surface area contributed by atoms with Crippen LogP contribution in [0.4, 0.5) is 0 Å². The molecule has 0 spiro atoms. The van der Waals surface area contributed by atoms with Gasteiger partial charge < -0.3 is 19.5 Å². The van der Waals surface area contributed by atoms with Gasteiger partial charge in [-0.05, 0) is 25.3 Å². The molecule has 3 heterocycles. The van der Waals surface area contributed by atoms with Crippen LogP contribution >= 0.6 is 35.6 Å². The van der Waals surface area contributed by atoms with Gasteiger partial charge in [-0.3, -0.25) is 0 Å². The molecule has 0 aliphatic carbocycles. The predicted molar refractivity (Wildman–Crippen MR) is 123 cm³/mol. The Morgan fingerprint density at radius 2 is 2.29 bits per heavy atom. The molecule has 2 aromatic heterocycles. The van der Waals surface area contributed by atoms with Crippen LogP contribution in [-0.2, 0) is 0 Å². The second kappa shape index (κ2) is 11.5. The quantitative estimate of drug-likeness (QED) is 0.275. The summed E-state index contributed by atoms with van der Waals surface area (Å²) in [6.45, 7) is 8.18. The Kier molecular flexibility index (Phi) is 9.30. The lowest BCUT2D eigenvalue weighted by atomic mass is 9.93. The minimum atomic E-state index is 0. The number of rotatable bonds is 6. The Bertz CT molecular complexity index is 725. The summed E-state index contributed by atoms with van der Waals surface area (Å²) in [7, 11) is 0. The first-order chi connectivity index (χ1) is 13.2. The van der Waals surface area contributed by atoms with E-state index in [1.54, 1.807) is 18.3 Å². The van der Waals surface area contributed by atoms with Gasteiger partial charge in [-0.25, -0.2) is 15.0 Å². The molecule has 1 aliphatic heterocycles. The molecular weight excluding hydrogens is 491 g/mol. The van der Waals surface area contributed by atoms with Gasteiger partial charge in [-0.2, -0.15) is 0 Å². The van der Waals surface area contributed by atoms with Crippen LogP contribution in [0, 0.1) is 5.92 Å². The van der Waals surface area contributed by atoms with Gasteiger partial charge in [-0.15, -0.1) is 24.0 Å². The fraction of sp³-hybridized carbons (Fsp3) is 0.526. The molecular formula is C19H28ClIN6O. The highest BCUT2D eigenvalue weighted by atomic mass is 127. The molecule has 1 N–H and O–H groups in total. The molecule has 2 unspecified atom stereocenters. The molecule has 9 heteroatoms. The van der Waals surface area contributed by atoms with E-state index < -0.39 is 0 Å². The number of hydrogen-bond acceptors (Lipinski definition) is 4. The Morgan fingerprint density at radius 3 is 2.96 bits per heavy atom. The number of aromatic nitrogens is 3. The zero-order chi connectivity index (χ0) is 19.1. The van der Waals surface area contributed by atoms with Crippen LogP contribution in [0.3, 0.4) is 0 Å². The van der Waals surface area contributed by atoms with Crippen LogP contribution in [0.25, 0.3) is 0 Å². The number of aliphatic imine (C=N–C) groups is 1. The number of nitrogens with one attached hydrogen (secondary N) is 1. The lowest BCUT2D eigenvalue weighted by Crippen LogP contribution is -2.49. The van der Waals surface area contributed by atoms with Gasteiger partial charge in [0, 0.05) is 44.3 Å². The van der Waals surface area contributed by atoms with Crippen LogP contribution < -0.4 is 10.1 Å². The van der Waals surface area contributed by atoms with Gasteiger partial charge in [-0.1, -0.05) is 18.5 Å². The maximum absolute atomic E-state index is 5.83. The molecule has 2 atom stereocenters. The van der Waals surface area contributed by atoms with E-state index >= 15 is 0 Å². The Balaban J connectivity index is 0.00000280. The van der Waals surface area contributed by atoms with Gasteiger partial charge in [0.15, 0.2) is 5.96 Å². The van der Waals surface area contributed by atoms with Gasteiger partial charge in [0.1, 0.15) is 6.61 Å². The van der Waals surface area contributed by atoms with Crippen molar-refractivity contribution in [3.63, 3.8) is 0 Å². The Labute approximate surface area is 188 Å². The molecule has 1 fully saturated rings. The van der Waals surface area contributed by atoms with E-state index in [2.05, 4.69) is 38.6 Å². The smallest absolute Gasteiger partial charge is 0.213 e. The summed E-state index contributed by atoms with van der Waals surface area (Å²) in [5, 5.41) is 4.00. The van der Waals surface area contributed by atoms with Crippen LogP contribution in [0.2, 0.25) is 5.02 Å². The van der Waals surface area contributed by atoms with E-state index in [-0.39, 0.29) is 24.0 Å². The van der Waals surface area contributed by atoms with E-state index in [4.69, 9.17) is 21.3 Å². The van der Waals surface area contributed by atoms with Crippen molar-refractivity contribution < 1.29 is 4.74 Å². The average molecular weight is 519 g/mol. The lowest BCUT2D eigenvalue weighted by Gasteiger charge is -2.39. The number of nitrogens with zero attached hydrogens (tertiary/aromatic N) is 5. The first kappa shape index (κ1) is 22.7. The third-order valence-corrected chi connectivity index (χ3v) is 4.99. The number of piperidine rings is 1. The summed E-state index contributed by atoms with van der Waals surface area (Å²) >= 11 is 5.83. The molecule has 2 aromatic rings. The van der Waals surface area contributed by atoms with Crippen molar-refractivity contribution in [3.8, 4) is 5.88 Å². The summed E-state index contributed by atoms with van der Waals surface area (Å²) in [5.41, 5.74) is 0. The van der Waals surface area contributed by atoms with Crippen molar-refractivity contribution in [3.05, 3.63) is 42.1 Å². The first-order valence-corrected chi connectivity index (χ1v) is 9.80. The summed E-state index contributed by atoms with van der Waals surface area (Å²) in [6, 6.07) is 3.93. The molecule has 3 rings (SSSR count). The zero-order valence-electron chi connectivity index (χ0n) is 16.3. The largest absolute Gasteiger partial charge is 0.476 e. The summed E-state index contributed by atoms with van der Waals surface area (Å²) in [5.74, 6) is 2.10. The highest BCUT2D eigenvalue weighted by Crippen LogP contribution is 2.27. The number of pyridine rings is 1. The third-order valence-electron chi connectivity index (χ3n) is 4.76. The Hall–Kier alpha value is -1.55. The zero-order valence-corrected chi connectivity index (χ0v) is 19.4. The molecule has 7 nitrogen and oxygen atoms in total. The predicted octanol–water partition coefficient (Wildman–Crippen LogP) is 3.48. The van der Waals surface area contributed by atoms with E-state index in [9.17, 15) is 0 Å². The van der Waals surface area contributed by atoms with Crippen LogP contribution in [0.1, 0.15) is 26.3 Å². The number of imidazole rings is 1. The highest BCUT2D eigenvalue weighted by Gasteiger charge is 2.28. The molecule has 0 saturated carbocycles. The summed E-state index contributed by atoms with van der Waals surface area (Å²) < 4.78 is 7.84. The molecule has 28 heavy (non-hydrogen) atoms. The number of guanidine groups is 1. The van der Waals surface area contributed by atoms with Crippen molar-refractivity contribution in [2.45, 2.75) is 26.3 Å². The summed E-state index contributed by atoms with van der Waals surface area (Å²) in [4.78, 5) is 15.4. The number of hydrogen-bond donors (Lipinski definition) is 1. The fourth-order valence-corrected chi connectivity index (χ4v) is 3.38. The third kappa shape index (κ3) is 6.23. The van der Waals surface area contributed by atoms with Gasteiger partial charge in [0.25, 0.3) is 0 Å².